The summed E-state index contributed by atoms with van der Waals surface area (Å²) < 4.78 is 0. The fourth-order valence-corrected chi connectivity index (χ4v) is 1.27. The van der Waals surface area contributed by atoms with Gasteiger partial charge >= 0.3 is 0 Å². The molecule has 1 amide bonds. The average Bonchev–Trinajstić information content (AvgIpc) is 2.50. The van der Waals surface area contributed by atoms with E-state index in [2.05, 4.69) is 5.48 Å². The maximum Gasteiger partial charge on any atom is 0.284 e. The highest BCUT2D eigenvalue weighted by Gasteiger charge is 2.13. The van der Waals surface area contributed by atoms with Crippen LogP contribution in [0.15, 0.2) is 17.5 Å². The van der Waals surface area contributed by atoms with Crippen molar-refractivity contribution in [3.8, 4) is 0 Å². The van der Waals surface area contributed by atoms with Gasteiger partial charge in [-0.25, -0.2) is 5.48 Å². The standard InChI is InChI=1S/C9H13NO2S/c1-9(2,3)12-10-8(11)7-5-4-6-13-7/h4-6H,1-3H3,(H,10,11). The molecule has 0 unspecified atom stereocenters. The molecule has 4 heteroatoms. The Kier molecular flexibility index (Phi) is 3.06. The van der Waals surface area contributed by atoms with Crippen LogP contribution in [0, 0.1) is 0 Å². The van der Waals surface area contributed by atoms with Crippen molar-refractivity contribution in [2.75, 3.05) is 0 Å². The molecule has 0 atom stereocenters. The molecule has 1 aromatic heterocycles. The lowest BCUT2D eigenvalue weighted by Gasteiger charge is -2.18. The summed E-state index contributed by atoms with van der Waals surface area (Å²) in [5.41, 5.74) is 2.04. The van der Waals surface area contributed by atoms with Gasteiger partial charge in [0.15, 0.2) is 0 Å². The van der Waals surface area contributed by atoms with E-state index >= 15 is 0 Å². The first-order chi connectivity index (χ1) is 5.99. The fraction of sp³-hybridized carbons (Fsp3) is 0.444. The molecule has 1 N–H and O–H groups in total. The highest BCUT2D eigenvalue weighted by atomic mass is 32.1. The third-order valence-corrected chi connectivity index (χ3v) is 2.06. The van der Waals surface area contributed by atoms with Crippen LogP contribution in [0.4, 0.5) is 0 Å². The van der Waals surface area contributed by atoms with Crippen LogP contribution in [-0.4, -0.2) is 11.5 Å². The second kappa shape index (κ2) is 3.89. The molecule has 3 nitrogen and oxygen atoms in total. The summed E-state index contributed by atoms with van der Waals surface area (Å²) >= 11 is 1.39. The van der Waals surface area contributed by atoms with Gasteiger partial charge in [-0.05, 0) is 32.2 Å². The second-order valence-corrected chi connectivity index (χ2v) is 4.57. The van der Waals surface area contributed by atoms with Gasteiger partial charge in [0.05, 0.1) is 10.5 Å². The average molecular weight is 199 g/mol. The monoisotopic (exact) mass is 199 g/mol. The van der Waals surface area contributed by atoms with E-state index in [1.54, 1.807) is 6.07 Å². The van der Waals surface area contributed by atoms with Crippen molar-refractivity contribution in [1.82, 2.24) is 5.48 Å². The molecular formula is C9H13NO2S. The molecule has 0 aliphatic carbocycles. The van der Waals surface area contributed by atoms with Crippen LogP contribution in [0.5, 0.6) is 0 Å². The van der Waals surface area contributed by atoms with Crippen molar-refractivity contribution >= 4 is 17.2 Å². The third-order valence-electron chi connectivity index (χ3n) is 1.19. The first-order valence-electron chi connectivity index (χ1n) is 4.01. The minimum Gasteiger partial charge on any atom is -0.268 e. The minimum absolute atomic E-state index is 0.190. The lowest BCUT2D eigenvalue weighted by atomic mass is 10.2. The first-order valence-corrected chi connectivity index (χ1v) is 4.89. The SMILES string of the molecule is CC(C)(C)ONC(=O)c1cccs1. The summed E-state index contributed by atoms with van der Waals surface area (Å²) in [6.07, 6.45) is 0. The van der Waals surface area contributed by atoms with Crippen molar-refractivity contribution in [3.05, 3.63) is 22.4 Å². The normalized spacial score (nSPS) is 11.3. The van der Waals surface area contributed by atoms with E-state index in [1.165, 1.54) is 11.3 Å². The number of hydrogen-bond acceptors (Lipinski definition) is 3. The summed E-state index contributed by atoms with van der Waals surface area (Å²) in [5, 5.41) is 1.85. The number of thiophene rings is 1. The summed E-state index contributed by atoms with van der Waals surface area (Å²) in [6, 6.07) is 3.59. The topological polar surface area (TPSA) is 38.3 Å². The van der Waals surface area contributed by atoms with Crippen molar-refractivity contribution in [2.24, 2.45) is 0 Å². The van der Waals surface area contributed by atoms with Gasteiger partial charge < -0.3 is 0 Å². The van der Waals surface area contributed by atoms with E-state index in [-0.39, 0.29) is 11.5 Å². The van der Waals surface area contributed by atoms with Gasteiger partial charge in [0, 0.05) is 0 Å². The summed E-state index contributed by atoms with van der Waals surface area (Å²) in [4.78, 5) is 17.1. The quantitative estimate of drug-likeness (QED) is 0.741. The van der Waals surface area contributed by atoms with Gasteiger partial charge in [-0.2, -0.15) is 0 Å². The molecule has 0 fully saturated rings. The Hall–Kier alpha value is -0.870. The van der Waals surface area contributed by atoms with Crippen molar-refractivity contribution in [2.45, 2.75) is 26.4 Å². The molecule has 1 heterocycles. The zero-order valence-electron chi connectivity index (χ0n) is 7.96. The highest BCUT2D eigenvalue weighted by molar-refractivity contribution is 7.12. The molecule has 0 saturated carbocycles. The number of hydroxylamine groups is 1. The molecule has 0 bridgehead atoms. The molecule has 0 saturated heterocycles. The molecule has 0 spiro atoms. The van der Waals surface area contributed by atoms with Crippen molar-refractivity contribution in [1.29, 1.82) is 0 Å². The summed E-state index contributed by atoms with van der Waals surface area (Å²) in [7, 11) is 0. The van der Waals surface area contributed by atoms with Crippen LogP contribution >= 0.6 is 11.3 Å². The Balaban J connectivity index is 2.44. The molecule has 0 aromatic carbocycles. The van der Waals surface area contributed by atoms with Crippen molar-refractivity contribution < 1.29 is 9.63 Å². The molecule has 72 valence electrons. The molecule has 1 aromatic rings. The van der Waals surface area contributed by atoms with Gasteiger partial charge in [0.2, 0.25) is 0 Å². The first kappa shape index (κ1) is 10.2. The lowest BCUT2D eigenvalue weighted by Crippen LogP contribution is -2.33. The summed E-state index contributed by atoms with van der Waals surface area (Å²) in [5.74, 6) is -0.190. The predicted octanol–water partition coefficient (Wildman–Crippen LogP) is 2.21. The molecule has 13 heavy (non-hydrogen) atoms. The number of amides is 1. The van der Waals surface area contributed by atoms with Crippen LogP contribution in [0.25, 0.3) is 0 Å². The molecule has 0 radical (unpaired) electrons. The van der Waals surface area contributed by atoms with E-state index in [1.807, 2.05) is 32.2 Å². The number of carbonyl (C=O) groups is 1. The van der Waals surface area contributed by atoms with Crippen LogP contribution in [0.2, 0.25) is 0 Å². The number of hydrogen-bond donors (Lipinski definition) is 1. The Morgan fingerprint density at radius 2 is 2.23 bits per heavy atom. The molecule has 0 aliphatic heterocycles. The predicted molar refractivity (Wildman–Crippen MR) is 52.6 cm³/mol. The van der Waals surface area contributed by atoms with Crippen LogP contribution < -0.4 is 5.48 Å². The van der Waals surface area contributed by atoms with Gasteiger partial charge in [-0.15, -0.1) is 11.3 Å². The minimum atomic E-state index is -0.354. The van der Waals surface area contributed by atoms with Crippen molar-refractivity contribution in [3.63, 3.8) is 0 Å². The number of nitrogens with one attached hydrogen (secondary N) is 1. The molecule has 1 rings (SSSR count). The third kappa shape index (κ3) is 3.57. The Morgan fingerprint density at radius 1 is 1.54 bits per heavy atom. The van der Waals surface area contributed by atoms with E-state index in [9.17, 15) is 4.79 Å². The van der Waals surface area contributed by atoms with Gasteiger partial charge in [0.1, 0.15) is 0 Å². The zero-order valence-corrected chi connectivity index (χ0v) is 8.77. The number of carbonyl (C=O) groups excluding carboxylic acids is 1. The zero-order chi connectivity index (χ0) is 9.90. The summed E-state index contributed by atoms with van der Waals surface area (Å²) in [6.45, 7) is 5.63. The highest BCUT2D eigenvalue weighted by Crippen LogP contribution is 2.09. The Morgan fingerprint density at radius 3 is 2.69 bits per heavy atom. The maximum absolute atomic E-state index is 11.3. The van der Waals surface area contributed by atoms with Gasteiger partial charge in [-0.1, -0.05) is 6.07 Å². The molecule has 0 aliphatic rings. The maximum atomic E-state index is 11.3. The van der Waals surface area contributed by atoms with Crippen LogP contribution in [0.3, 0.4) is 0 Å². The largest absolute Gasteiger partial charge is 0.284 e. The van der Waals surface area contributed by atoms with E-state index < -0.39 is 0 Å². The Labute approximate surface area is 81.7 Å². The lowest BCUT2D eigenvalue weighted by molar-refractivity contribution is -0.0588. The van der Waals surface area contributed by atoms with Crippen LogP contribution in [0.1, 0.15) is 30.4 Å². The number of rotatable bonds is 2. The Bertz CT molecular complexity index is 274. The van der Waals surface area contributed by atoms with Gasteiger partial charge in [-0.3, -0.25) is 9.63 Å². The van der Waals surface area contributed by atoms with E-state index in [0.717, 1.165) is 0 Å². The van der Waals surface area contributed by atoms with E-state index in [4.69, 9.17) is 4.84 Å². The van der Waals surface area contributed by atoms with Gasteiger partial charge in [0.25, 0.3) is 5.91 Å². The second-order valence-electron chi connectivity index (χ2n) is 3.62. The fourth-order valence-electron chi connectivity index (χ4n) is 0.657. The van der Waals surface area contributed by atoms with E-state index in [0.29, 0.717) is 4.88 Å². The smallest absolute Gasteiger partial charge is 0.268 e. The molecular weight excluding hydrogens is 186 g/mol. The van der Waals surface area contributed by atoms with Crippen LogP contribution in [-0.2, 0) is 4.84 Å².